The molecule has 16 heavy (non-hydrogen) atoms. The highest BCUT2D eigenvalue weighted by molar-refractivity contribution is 6.30. The van der Waals surface area contributed by atoms with Gasteiger partial charge in [0.25, 0.3) is 6.43 Å². The smallest absolute Gasteiger partial charge is 0.419 e. The summed E-state index contributed by atoms with van der Waals surface area (Å²) >= 11 is 5.17. The normalized spacial score (nSPS) is 12.0. The number of ether oxygens (including phenoxy) is 1. The Hall–Kier alpha value is -1.11. The number of pyridine rings is 1. The van der Waals surface area contributed by atoms with E-state index in [1.54, 1.807) is 0 Å². The molecule has 1 aromatic heterocycles. The molecule has 0 aliphatic carbocycles. The molecular weight excluding hydrogens is 257 g/mol. The first kappa shape index (κ1) is 13.0. The van der Waals surface area contributed by atoms with Gasteiger partial charge in [-0.15, -0.1) is 0 Å². The number of hydrogen-bond acceptors (Lipinski definition) is 2. The van der Waals surface area contributed by atoms with E-state index in [9.17, 15) is 22.0 Å². The second-order valence-electron chi connectivity index (χ2n) is 2.71. The molecule has 0 saturated carbocycles. The quantitative estimate of drug-likeness (QED) is 0.598. The Bertz CT molecular complexity index is 393. The number of halogens is 6. The summed E-state index contributed by atoms with van der Waals surface area (Å²) in [6, 6.07) is 0.400. The molecule has 2 nitrogen and oxygen atoms in total. The predicted molar refractivity (Wildman–Crippen MR) is 45.8 cm³/mol. The summed E-state index contributed by atoms with van der Waals surface area (Å²) in [5, 5.41) is -1.02. The molecule has 0 N–H and O–H groups in total. The van der Waals surface area contributed by atoms with Gasteiger partial charge in [0.15, 0.2) is 0 Å². The van der Waals surface area contributed by atoms with E-state index in [1.807, 2.05) is 0 Å². The molecule has 0 bridgehead atoms. The minimum absolute atomic E-state index is 0.400. The zero-order chi connectivity index (χ0) is 12.5. The number of nitrogens with zero attached hydrogens (tertiary/aromatic N) is 1. The Morgan fingerprint density at radius 1 is 1.38 bits per heavy atom. The Kier molecular flexibility index (Phi) is 3.57. The van der Waals surface area contributed by atoms with Crippen molar-refractivity contribution in [3.63, 3.8) is 0 Å². The molecule has 1 heterocycles. The fourth-order valence-electron chi connectivity index (χ4n) is 1.00. The number of methoxy groups -OCH3 is 1. The molecule has 0 aromatic carbocycles. The van der Waals surface area contributed by atoms with E-state index in [-0.39, 0.29) is 0 Å². The zero-order valence-corrected chi connectivity index (χ0v) is 8.53. The standard InChI is InChI=1S/C8H5ClF5NO/c1-16-4-2-3(8(12,13)14)6(9)15-5(4)7(10)11/h2,7H,1H3. The van der Waals surface area contributed by atoms with Crippen LogP contribution >= 0.6 is 11.6 Å². The molecule has 0 aliphatic rings. The van der Waals surface area contributed by atoms with Gasteiger partial charge in [-0.05, 0) is 6.07 Å². The van der Waals surface area contributed by atoms with Crippen LogP contribution in [0, 0.1) is 0 Å². The fourth-order valence-corrected chi connectivity index (χ4v) is 1.26. The average Bonchev–Trinajstić information content (AvgIpc) is 2.15. The van der Waals surface area contributed by atoms with E-state index in [0.717, 1.165) is 7.11 Å². The zero-order valence-electron chi connectivity index (χ0n) is 7.78. The maximum absolute atomic E-state index is 12.3. The number of aromatic nitrogens is 1. The highest BCUT2D eigenvalue weighted by Crippen LogP contribution is 2.38. The van der Waals surface area contributed by atoms with Crippen LogP contribution in [0.25, 0.3) is 0 Å². The van der Waals surface area contributed by atoms with Crippen molar-refractivity contribution in [1.82, 2.24) is 4.98 Å². The van der Waals surface area contributed by atoms with Crippen molar-refractivity contribution in [3.8, 4) is 5.75 Å². The highest BCUT2D eigenvalue weighted by atomic mass is 35.5. The van der Waals surface area contributed by atoms with Gasteiger partial charge in [0.2, 0.25) is 0 Å². The maximum atomic E-state index is 12.3. The monoisotopic (exact) mass is 261 g/mol. The average molecular weight is 262 g/mol. The Morgan fingerprint density at radius 2 is 1.94 bits per heavy atom. The third-order valence-corrected chi connectivity index (χ3v) is 1.99. The van der Waals surface area contributed by atoms with Gasteiger partial charge < -0.3 is 4.74 Å². The Labute approximate surface area is 92.0 Å². The predicted octanol–water partition coefficient (Wildman–Crippen LogP) is 3.70. The van der Waals surface area contributed by atoms with E-state index >= 15 is 0 Å². The second-order valence-corrected chi connectivity index (χ2v) is 3.07. The summed E-state index contributed by atoms with van der Waals surface area (Å²) in [5.74, 6) is -0.647. The second kappa shape index (κ2) is 4.40. The van der Waals surface area contributed by atoms with Crippen LogP contribution in [0.2, 0.25) is 5.15 Å². The summed E-state index contributed by atoms with van der Waals surface area (Å²) in [7, 11) is 0.969. The van der Waals surface area contributed by atoms with Crippen molar-refractivity contribution >= 4 is 11.6 Å². The third kappa shape index (κ3) is 2.52. The van der Waals surface area contributed by atoms with Crippen LogP contribution in [0.4, 0.5) is 22.0 Å². The maximum Gasteiger partial charge on any atom is 0.419 e. The van der Waals surface area contributed by atoms with Crippen LogP contribution < -0.4 is 4.74 Å². The summed E-state index contributed by atoms with van der Waals surface area (Å²) in [6.07, 6.45) is -7.83. The van der Waals surface area contributed by atoms with Crippen molar-refractivity contribution in [1.29, 1.82) is 0 Å². The van der Waals surface area contributed by atoms with Crippen molar-refractivity contribution in [2.45, 2.75) is 12.6 Å². The lowest BCUT2D eigenvalue weighted by Gasteiger charge is -2.12. The molecule has 90 valence electrons. The molecule has 1 rings (SSSR count). The molecular formula is C8H5ClF5NO. The van der Waals surface area contributed by atoms with Gasteiger partial charge in [0.1, 0.15) is 16.6 Å². The van der Waals surface area contributed by atoms with Crippen LogP contribution in [0.15, 0.2) is 6.07 Å². The highest BCUT2D eigenvalue weighted by Gasteiger charge is 2.36. The Morgan fingerprint density at radius 3 is 2.31 bits per heavy atom. The van der Waals surface area contributed by atoms with Gasteiger partial charge in [-0.2, -0.15) is 13.2 Å². The van der Waals surface area contributed by atoms with Crippen molar-refractivity contribution < 1.29 is 26.7 Å². The SMILES string of the molecule is COc1cc(C(F)(F)F)c(Cl)nc1C(F)F. The van der Waals surface area contributed by atoms with E-state index in [4.69, 9.17) is 11.6 Å². The molecule has 0 atom stereocenters. The van der Waals surface area contributed by atoms with Crippen LogP contribution in [0.3, 0.4) is 0 Å². The van der Waals surface area contributed by atoms with Crippen LogP contribution in [-0.4, -0.2) is 12.1 Å². The van der Waals surface area contributed by atoms with E-state index in [0.29, 0.717) is 6.07 Å². The molecule has 0 spiro atoms. The third-order valence-electron chi connectivity index (χ3n) is 1.70. The molecule has 0 amide bonds. The first-order chi connectivity index (χ1) is 7.27. The fraction of sp³-hybridized carbons (Fsp3) is 0.375. The van der Waals surface area contributed by atoms with E-state index in [2.05, 4.69) is 9.72 Å². The number of hydrogen-bond donors (Lipinski definition) is 0. The first-order valence-corrected chi connectivity index (χ1v) is 4.25. The summed E-state index contributed by atoms with van der Waals surface area (Å²) in [4.78, 5) is 2.98. The summed E-state index contributed by atoms with van der Waals surface area (Å²) in [5.41, 5.74) is -2.23. The summed E-state index contributed by atoms with van der Waals surface area (Å²) < 4.78 is 66.1. The van der Waals surface area contributed by atoms with Gasteiger partial charge in [0.05, 0.1) is 12.7 Å². The molecule has 0 unspecified atom stereocenters. The van der Waals surface area contributed by atoms with Crippen LogP contribution in [-0.2, 0) is 6.18 Å². The van der Waals surface area contributed by atoms with Crippen molar-refractivity contribution in [3.05, 3.63) is 22.5 Å². The number of rotatable bonds is 2. The van der Waals surface area contributed by atoms with Crippen LogP contribution in [0.5, 0.6) is 5.75 Å². The van der Waals surface area contributed by atoms with Gasteiger partial charge >= 0.3 is 6.18 Å². The molecule has 0 radical (unpaired) electrons. The van der Waals surface area contributed by atoms with Crippen molar-refractivity contribution in [2.75, 3.05) is 7.11 Å². The minimum Gasteiger partial charge on any atom is -0.495 e. The molecule has 8 heteroatoms. The minimum atomic E-state index is -4.77. The first-order valence-electron chi connectivity index (χ1n) is 3.87. The number of alkyl halides is 5. The van der Waals surface area contributed by atoms with Gasteiger partial charge in [0, 0.05) is 0 Å². The topological polar surface area (TPSA) is 22.1 Å². The van der Waals surface area contributed by atoms with Crippen molar-refractivity contribution in [2.24, 2.45) is 0 Å². The molecule has 0 fully saturated rings. The molecule has 1 aromatic rings. The largest absolute Gasteiger partial charge is 0.495 e. The molecule has 0 aliphatic heterocycles. The lowest BCUT2D eigenvalue weighted by Crippen LogP contribution is -2.09. The Balaban J connectivity index is 3.37. The van der Waals surface area contributed by atoms with Crippen LogP contribution in [0.1, 0.15) is 17.7 Å². The lowest BCUT2D eigenvalue weighted by molar-refractivity contribution is -0.137. The lowest BCUT2D eigenvalue weighted by atomic mass is 10.2. The van der Waals surface area contributed by atoms with Gasteiger partial charge in [-0.3, -0.25) is 0 Å². The van der Waals surface area contributed by atoms with Gasteiger partial charge in [-0.1, -0.05) is 11.6 Å². The van der Waals surface area contributed by atoms with Gasteiger partial charge in [-0.25, -0.2) is 13.8 Å². The van der Waals surface area contributed by atoms with E-state index < -0.39 is 34.8 Å². The van der Waals surface area contributed by atoms with E-state index in [1.165, 1.54) is 0 Å². The molecule has 0 saturated heterocycles. The summed E-state index contributed by atoms with van der Waals surface area (Å²) in [6.45, 7) is 0.